The fraction of sp³-hybridized carbons (Fsp3) is 0.459. The summed E-state index contributed by atoms with van der Waals surface area (Å²) in [6.45, 7) is 8.54. The van der Waals surface area contributed by atoms with Crippen molar-refractivity contribution in [3.8, 4) is 0 Å². The molecule has 0 fully saturated rings. The number of nitrogen functional groups attached to an aromatic ring is 1. The molecule has 0 aliphatic carbocycles. The number of aromatic nitrogens is 3. The summed E-state index contributed by atoms with van der Waals surface area (Å²) in [6.07, 6.45) is 3.90. The van der Waals surface area contributed by atoms with Crippen molar-refractivity contribution in [2.24, 2.45) is 17.6 Å². The van der Waals surface area contributed by atoms with Crippen molar-refractivity contribution >= 4 is 57.3 Å². The lowest BCUT2D eigenvalue weighted by Gasteiger charge is -2.22. The first-order chi connectivity index (χ1) is 24.5. The van der Waals surface area contributed by atoms with Gasteiger partial charge in [-0.15, -0.1) is 0 Å². The van der Waals surface area contributed by atoms with E-state index >= 15 is 0 Å². The number of benzene rings is 2. The minimum absolute atomic E-state index is 0.105. The van der Waals surface area contributed by atoms with Crippen LogP contribution in [0.15, 0.2) is 48.5 Å². The summed E-state index contributed by atoms with van der Waals surface area (Å²) >= 11 is 0. The van der Waals surface area contributed by atoms with Gasteiger partial charge in [0.2, 0.25) is 11.8 Å². The first kappa shape index (κ1) is 38.4. The average Bonchev–Trinajstić information content (AvgIpc) is 3.49. The minimum Gasteiger partial charge on any atom is -0.461 e. The van der Waals surface area contributed by atoms with E-state index < -0.39 is 12.1 Å². The van der Waals surface area contributed by atoms with E-state index in [1.54, 1.807) is 29.0 Å². The van der Waals surface area contributed by atoms with Crippen LogP contribution in [-0.2, 0) is 32.1 Å². The molecule has 2 heterocycles. The van der Waals surface area contributed by atoms with Crippen LogP contribution in [0.25, 0.3) is 21.9 Å². The van der Waals surface area contributed by atoms with Gasteiger partial charge in [0.1, 0.15) is 36.1 Å². The maximum Gasteiger partial charge on any atom is 0.312 e. The van der Waals surface area contributed by atoms with Crippen molar-refractivity contribution in [2.75, 3.05) is 24.2 Å². The molecular formula is C37H50N8O6. The quantitative estimate of drug-likeness (QED) is 0.0682. The number of unbranched alkanes of at least 4 members (excludes halogenated alkanes) is 2. The Balaban J connectivity index is 1.20. The molecule has 14 heteroatoms. The van der Waals surface area contributed by atoms with E-state index in [0.717, 1.165) is 40.6 Å². The normalized spacial score (nSPS) is 12.4. The highest BCUT2D eigenvalue weighted by Gasteiger charge is 2.25. The number of pyridine rings is 1. The van der Waals surface area contributed by atoms with Crippen LogP contribution in [-0.4, -0.2) is 57.7 Å². The SMILES string of the molecule is CCc1nc2c(N)nc3ccccc3c2n1OCCCCCC(=O)OCc1ccc(NC(=O)[C@H](CCCNC(N)=O)NC(=O)[C@@H](C)C(C)C)cc1. The molecule has 0 saturated carbocycles. The third kappa shape index (κ3) is 10.8. The molecule has 0 unspecified atom stereocenters. The zero-order valence-corrected chi connectivity index (χ0v) is 29.9. The van der Waals surface area contributed by atoms with Crippen molar-refractivity contribution < 1.29 is 28.8 Å². The fourth-order valence-electron chi connectivity index (χ4n) is 5.43. The van der Waals surface area contributed by atoms with E-state index in [2.05, 4.69) is 25.9 Å². The Morgan fingerprint density at radius 2 is 1.67 bits per heavy atom. The highest BCUT2D eigenvalue weighted by atomic mass is 16.7. The molecule has 4 amide bonds. The highest BCUT2D eigenvalue weighted by molar-refractivity contribution is 6.06. The molecular weight excluding hydrogens is 652 g/mol. The number of esters is 1. The lowest BCUT2D eigenvalue weighted by molar-refractivity contribution is -0.145. The molecule has 0 bridgehead atoms. The lowest BCUT2D eigenvalue weighted by Crippen LogP contribution is -2.46. The topological polar surface area (TPSA) is 206 Å². The van der Waals surface area contributed by atoms with Crippen LogP contribution in [0.1, 0.15) is 77.6 Å². The monoisotopic (exact) mass is 702 g/mol. The van der Waals surface area contributed by atoms with Crippen LogP contribution in [0.3, 0.4) is 0 Å². The fourth-order valence-corrected chi connectivity index (χ4v) is 5.43. The number of hydrogen-bond donors (Lipinski definition) is 5. The lowest BCUT2D eigenvalue weighted by atomic mass is 9.96. The number of imidazole rings is 1. The number of hydrogen-bond acceptors (Lipinski definition) is 9. The summed E-state index contributed by atoms with van der Waals surface area (Å²) < 4.78 is 7.23. The number of ether oxygens (including phenoxy) is 1. The zero-order chi connectivity index (χ0) is 36.9. The van der Waals surface area contributed by atoms with Crippen molar-refractivity contribution in [3.63, 3.8) is 0 Å². The molecule has 0 aliphatic rings. The minimum atomic E-state index is -0.794. The number of carbonyl (C=O) groups excluding carboxylic acids is 4. The third-order valence-electron chi connectivity index (χ3n) is 8.74. The molecule has 14 nitrogen and oxygen atoms in total. The van der Waals surface area contributed by atoms with Gasteiger partial charge >= 0.3 is 12.0 Å². The van der Waals surface area contributed by atoms with Gasteiger partial charge in [-0.25, -0.2) is 14.8 Å². The molecule has 0 saturated heterocycles. The van der Waals surface area contributed by atoms with Gasteiger partial charge in [0, 0.05) is 36.4 Å². The largest absolute Gasteiger partial charge is 0.461 e. The van der Waals surface area contributed by atoms with Crippen molar-refractivity contribution in [1.82, 2.24) is 25.3 Å². The second-order valence-corrected chi connectivity index (χ2v) is 12.9. The molecule has 4 rings (SSSR count). The first-order valence-electron chi connectivity index (χ1n) is 17.6. The summed E-state index contributed by atoms with van der Waals surface area (Å²) in [7, 11) is 0. The molecule has 2 aromatic heterocycles. The summed E-state index contributed by atoms with van der Waals surface area (Å²) in [5, 5.41) is 9.09. The zero-order valence-electron chi connectivity index (χ0n) is 29.9. The molecule has 4 aromatic rings. The summed E-state index contributed by atoms with van der Waals surface area (Å²) in [5.41, 5.74) is 14.8. The second kappa shape index (κ2) is 18.6. The number of nitrogens with zero attached hydrogens (tertiary/aromatic N) is 3. The van der Waals surface area contributed by atoms with Crippen LogP contribution in [0, 0.1) is 11.8 Å². The second-order valence-electron chi connectivity index (χ2n) is 12.9. The summed E-state index contributed by atoms with van der Waals surface area (Å²) in [5.74, 6) is 0.0856. The molecule has 0 radical (unpaired) electrons. The van der Waals surface area contributed by atoms with E-state index in [0.29, 0.717) is 49.3 Å². The van der Waals surface area contributed by atoms with Crippen LogP contribution < -0.4 is 32.3 Å². The number of primary amides is 1. The average molecular weight is 703 g/mol. The Bertz CT molecular complexity index is 1810. The third-order valence-corrected chi connectivity index (χ3v) is 8.74. The number of rotatable bonds is 19. The standard InChI is InChI=1S/C37H50N8O6/c1-5-30-44-32-33(27-12-8-9-13-28(27)42-34(32)38)45(30)51-21-10-6-7-15-31(46)50-22-25-16-18-26(19-17-25)41-36(48)29(14-11-20-40-37(39)49)43-35(47)24(4)23(2)3/h8-9,12-13,16-19,23-24,29H,5-7,10-11,14-15,20-22H2,1-4H3,(H2,38,42)(H,41,48)(H,43,47)(H3,39,40,49)/t24-,29-/m0/s1. The van der Waals surface area contributed by atoms with Crippen molar-refractivity contribution in [1.29, 1.82) is 0 Å². The summed E-state index contributed by atoms with van der Waals surface area (Å²) in [6, 6.07) is 13.3. The Morgan fingerprint density at radius 1 is 0.922 bits per heavy atom. The number of aryl methyl sites for hydroxylation is 1. The molecule has 0 spiro atoms. The highest BCUT2D eigenvalue weighted by Crippen LogP contribution is 2.28. The summed E-state index contributed by atoms with van der Waals surface area (Å²) in [4.78, 5) is 64.5. The van der Waals surface area contributed by atoms with Gasteiger partial charge in [0.25, 0.3) is 0 Å². The number of carbonyl (C=O) groups is 4. The van der Waals surface area contributed by atoms with Crippen LogP contribution in [0.2, 0.25) is 0 Å². The van der Waals surface area contributed by atoms with Gasteiger partial charge in [-0.1, -0.05) is 58.0 Å². The van der Waals surface area contributed by atoms with Gasteiger partial charge < -0.3 is 37.0 Å². The maximum absolute atomic E-state index is 13.1. The number of urea groups is 1. The first-order valence-corrected chi connectivity index (χ1v) is 17.6. The van der Waals surface area contributed by atoms with Crippen LogP contribution in [0.5, 0.6) is 0 Å². The van der Waals surface area contributed by atoms with Crippen LogP contribution >= 0.6 is 0 Å². The molecule has 274 valence electrons. The van der Waals surface area contributed by atoms with E-state index in [1.807, 2.05) is 52.0 Å². The smallest absolute Gasteiger partial charge is 0.312 e. The van der Waals surface area contributed by atoms with Gasteiger partial charge in [-0.3, -0.25) is 14.4 Å². The van der Waals surface area contributed by atoms with Crippen LogP contribution in [0.4, 0.5) is 16.3 Å². The van der Waals surface area contributed by atoms with Crippen molar-refractivity contribution in [2.45, 2.75) is 85.3 Å². The number of para-hydroxylation sites is 1. The Kier molecular flexibility index (Phi) is 14.0. The van der Waals surface area contributed by atoms with Crippen molar-refractivity contribution in [3.05, 3.63) is 59.9 Å². The predicted molar refractivity (Wildman–Crippen MR) is 196 cm³/mol. The van der Waals surface area contributed by atoms with E-state index in [9.17, 15) is 19.2 Å². The Morgan fingerprint density at radius 3 is 2.37 bits per heavy atom. The number of fused-ring (bicyclic) bond motifs is 3. The molecule has 7 N–H and O–H groups in total. The molecule has 2 aromatic carbocycles. The molecule has 0 aliphatic heterocycles. The van der Waals surface area contributed by atoms with Gasteiger partial charge in [-0.2, -0.15) is 4.73 Å². The Labute approximate surface area is 298 Å². The van der Waals surface area contributed by atoms with E-state index in [1.165, 1.54) is 0 Å². The number of anilines is 2. The van der Waals surface area contributed by atoms with E-state index in [4.69, 9.17) is 21.0 Å². The predicted octanol–water partition coefficient (Wildman–Crippen LogP) is 4.63. The Hall–Kier alpha value is -5.40. The maximum atomic E-state index is 13.1. The van der Waals surface area contributed by atoms with Gasteiger partial charge in [-0.05, 0) is 61.8 Å². The molecule has 2 atom stereocenters. The number of nitrogens with one attached hydrogen (secondary N) is 3. The van der Waals surface area contributed by atoms with Gasteiger partial charge in [0.15, 0.2) is 5.82 Å². The van der Waals surface area contributed by atoms with E-state index in [-0.39, 0.29) is 49.2 Å². The van der Waals surface area contributed by atoms with Gasteiger partial charge in [0.05, 0.1) is 5.52 Å². The number of amides is 4. The molecule has 51 heavy (non-hydrogen) atoms. The number of nitrogens with two attached hydrogens (primary N) is 2.